The van der Waals surface area contributed by atoms with Crippen LogP contribution in [-0.2, 0) is 6.61 Å². The van der Waals surface area contributed by atoms with E-state index in [1.54, 1.807) is 42.5 Å². The zero-order chi connectivity index (χ0) is 23.4. The largest absolute Gasteiger partial charge is 0.497 e. The van der Waals surface area contributed by atoms with Crippen molar-refractivity contribution in [2.24, 2.45) is 5.92 Å². The average Bonchev–Trinajstić information content (AvgIpc) is 2.85. The Bertz CT molecular complexity index is 1090. The summed E-state index contributed by atoms with van der Waals surface area (Å²) in [5.41, 5.74) is 2.12. The number of hydrogen-bond donors (Lipinski definition) is 0. The molecule has 0 aliphatic heterocycles. The van der Waals surface area contributed by atoms with Gasteiger partial charge in [0.1, 0.15) is 12.4 Å². The quantitative estimate of drug-likeness (QED) is 0.360. The average molecular weight is 455 g/mol. The number of hydrogen-bond acceptors (Lipinski definition) is 2. The zero-order valence-corrected chi connectivity index (χ0v) is 19.0. The fourth-order valence-corrected chi connectivity index (χ4v) is 4.65. The fourth-order valence-electron chi connectivity index (χ4n) is 4.65. The molecule has 0 heterocycles. The predicted octanol–water partition coefficient (Wildman–Crippen LogP) is 8.04. The molecule has 0 spiro atoms. The molecule has 0 amide bonds. The van der Waals surface area contributed by atoms with Gasteiger partial charge in [0.25, 0.3) is 0 Å². The van der Waals surface area contributed by atoms with Gasteiger partial charge in [-0.15, -0.1) is 0 Å². The van der Waals surface area contributed by atoms with Gasteiger partial charge in [0.2, 0.25) is 0 Å². The maximum Gasteiger partial charge on any atom is 0.168 e. The van der Waals surface area contributed by atoms with Gasteiger partial charge >= 0.3 is 0 Å². The fraction of sp³-hybridized carbons (Fsp3) is 0.357. The van der Waals surface area contributed by atoms with Crippen molar-refractivity contribution < 1.29 is 22.6 Å². The molecule has 2 nitrogen and oxygen atoms in total. The van der Waals surface area contributed by atoms with Crippen LogP contribution in [0.1, 0.15) is 56.1 Å². The van der Waals surface area contributed by atoms with E-state index in [0.29, 0.717) is 22.8 Å². The molecule has 5 heteroatoms. The number of methoxy groups -OCH3 is 1. The molecule has 1 aliphatic rings. The standard InChI is InChI=1S/C28H29F3O2/c1-3-18-4-8-20(9-5-18)23-13-14-24(28(31)27(23)30)21-10-6-19(7-11-21)17-33-26-15-12-22(32-2)16-25(26)29/h6-7,10-16,18,20H,3-5,8-9,17H2,1-2H3. The van der Waals surface area contributed by atoms with Gasteiger partial charge < -0.3 is 9.47 Å². The Morgan fingerprint density at radius 1 is 0.848 bits per heavy atom. The number of benzene rings is 3. The lowest BCUT2D eigenvalue weighted by Gasteiger charge is -2.28. The third kappa shape index (κ3) is 5.18. The van der Waals surface area contributed by atoms with Crippen LogP contribution >= 0.6 is 0 Å². The van der Waals surface area contributed by atoms with Crippen LogP contribution in [0.3, 0.4) is 0 Å². The molecule has 0 saturated heterocycles. The Balaban J connectivity index is 1.45. The van der Waals surface area contributed by atoms with Crippen LogP contribution in [0, 0.1) is 23.4 Å². The minimum atomic E-state index is -0.797. The van der Waals surface area contributed by atoms with Crippen molar-refractivity contribution in [3.05, 3.63) is 83.2 Å². The van der Waals surface area contributed by atoms with Gasteiger partial charge in [-0.25, -0.2) is 13.2 Å². The second kappa shape index (κ2) is 10.3. The van der Waals surface area contributed by atoms with Crippen molar-refractivity contribution in [2.75, 3.05) is 7.11 Å². The lowest BCUT2D eigenvalue weighted by atomic mass is 9.77. The molecule has 1 saturated carbocycles. The highest BCUT2D eigenvalue weighted by atomic mass is 19.2. The highest BCUT2D eigenvalue weighted by Gasteiger charge is 2.26. The second-order valence-electron chi connectivity index (χ2n) is 8.74. The van der Waals surface area contributed by atoms with Crippen LogP contribution in [0.5, 0.6) is 11.5 Å². The molecule has 174 valence electrons. The Hall–Kier alpha value is -2.95. The smallest absolute Gasteiger partial charge is 0.168 e. The second-order valence-corrected chi connectivity index (χ2v) is 8.74. The maximum atomic E-state index is 15.0. The van der Waals surface area contributed by atoms with Crippen LogP contribution in [0.25, 0.3) is 11.1 Å². The number of halogens is 3. The molecule has 0 bridgehead atoms. The molecule has 4 rings (SSSR count). The van der Waals surface area contributed by atoms with Crippen LogP contribution in [0.2, 0.25) is 0 Å². The molecule has 0 aromatic heterocycles. The van der Waals surface area contributed by atoms with Gasteiger partial charge in [0.05, 0.1) is 7.11 Å². The first-order chi connectivity index (χ1) is 16.0. The molecule has 1 fully saturated rings. The molecule has 0 radical (unpaired) electrons. The zero-order valence-electron chi connectivity index (χ0n) is 19.0. The Morgan fingerprint density at radius 2 is 1.58 bits per heavy atom. The Morgan fingerprint density at radius 3 is 2.21 bits per heavy atom. The maximum absolute atomic E-state index is 15.0. The highest BCUT2D eigenvalue weighted by Crippen LogP contribution is 2.39. The summed E-state index contributed by atoms with van der Waals surface area (Å²) in [5.74, 6) is -0.697. The van der Waals surface area contributed by atoms with Crippen molar-refractivity contribution in [3.63, 3.8) is 0 Å². The molecular formula is C28H29F3O2. The van der Waals surface area contributed by atoms with Crippen molar-refractivity contribution in [3.8, 4) is 22.6 Å². The molecule has 3 aromatic rings. The summed E-state index contributed by atoms with van der Waals surface area (Å²) >= 11 is 0. The van der Waals surface area contributed by atoms with Crippen molar-refractivity contribution in [1.29, 1.82) is 0 Å². The summed E-state index contributed by atoms with van der Waals surface area (Å²) in [6.07, 6.45) is 5.13. The summed E-state index contributed by atoms with van der Waals surface area (Å²) in [5, 5.41) is 0. The van der Waals surface area contributed by atoms with Gasteiger partial charge in [-0.05, 0) is 66.3 Å². The van der Waals surface area contributed by atoms with Crippen LogP contribution in [0.15, 0.2) is 54.6 Å². The topological polar surface area (TPSA) is 18.5 Å². The van der Waals surface area contributed by atoms with E-state index in [4.69, 9.17) is 9.47 Å². The highest BCUT2D eigenvalue weighted by molar-refractivity contribution is 5.65. The minimum absolute atomic E-state index is 0.0919. The normalized spacial score (nSPS) is 18.2. The summed E-state index contributed by atoms with van der Waals surface area (Å²) in [7, 11) is 1.47. The molecule has 33 heavy (non-hydrogen) atoms. The van der Waals surface area contributed by atoms with E-state index >= 15 is 0 Å². The minimum Gasteiger partial charge on any atom is -0.497 e. The summed E-state index contributed by atoms with van der Waals surface area (Å²) in [6.45, 7) is 2.34. The van der Waals surface area contributed by atoms with Crippen LogP contribution in [-0.4, -0.2) is 7.11 Å². The first kappa shape index (κ1) is 23.2. The first-order valence-electron chi connectivity index (χ1n) is 11.5. The Kier molecular flexibility index (Phi) is 7.26. The van der Waals surface area contributed by atoms with Crippen molar-refractivity contribution in [2.45, 2.75) is 51.6 Å². The lowest BCUT2D eigenvalue weighted by molar-refractivity contribution is 0.289. The summed E-state index contributed by atoms with van der Waals surface area (Å²) in [6, 6.07) is 14.8. The van der Waals surface area contributed by atoms with Gasteiger partial charge in [-0.2, -0.15) is 0 Å². The van der Waals surface area contributed by atoms with Gasteiger partial charge in [0, 0.05) is 11.6 Å². The van der Waals surface area contributed by atoms with E-state index in [0.717, 1.165) is 37.7 Å². The van der Waals surface area contributed by atoms with E-state index < -0.39 is 17.5 Å². The molecule has 3 aromatic carbocycles. The third-order valence-electron chi connectivity index (χ3n) is 6.77. The predicted molar refractivity (Wildman–Crippen MR) is 124 cm³/mol. The van der Waals surface area contributed by atoms with Crippen molar-refractivity contribution in [1.82, 2.24) is 0 Å². The van der Waals surface area contributed by atoms with E-state index in [9.17, 15) is 13.2 Å². The van der Waals surface area contributed by atoms with Gasteiger partial charge in [0.15, 0.2) is 23.2 Å². The van der Waals surface area contributed by atoms with Crippen molar-refractivity contribution >= 4 is 0 Å². The number of rotatable bonds is 7. The Labute approximate surface area is 193 Å². The SMILES string of the molecule is CCC1CCC(c2ccc(-c3ccc(COc4ccc(OC)cc4F)cc3)c(F)c2F)CC1. The van der Waals surface area contributed by atoms with E-state index in [2.05, 4.69) is 6.92 Å². The number of ether oxygens (including phenoxy) is 2. The summed E-state index contributed by atoms with van der Waals surface area (Å²) < 4.78 is 54.5. The molecular weight excluding hydrogens is 425 g/mol. The third-order valence-corrected chi connectivity index (χ3v) is 6.77. The van der Waals surface area contributed by atoms with Crippen LogP contribution in [0.4, 0.5) is 13.2 Å². The van der Waals surface area contributed by atoms with E-state index in [-0.39, 0.29) is 23.8 Å². The molecule has 1 aliphatic carbocycles. The lowest BCUT2D eigenvalue weighted by Crippen LogP contribution is -2.14. The monoisotopic (exact) mass is 454 g/mol. The molecule has 0 N–H and O–H groups in total. The first-order valence-corrected chi connectivity index (χ1v) is 11.5. The molecule has 0 atom stereocenters. The molecule has 0 unspecified atom stereocenters. The summed E-state index contributed by atoms with van der Waals surface area (Å²) in [4.78, 5) is 0. The van der Waals surface area contributed by atoms with Gasteiger partial charge in [-0.1, -0.05) is 49.7 Å². The van der Waals surface area contributed by atoms with Gasteiger partial charge in [-0.3, -0.25) is 0 Å². The van der Waals surface area contributed by atoms with Crippen LogP contribution < -0.4 is 9.47 Å². The van der Waals surface area contributed by atoms with E-state index in [1.807, 2.05) is 0 Å². The van der Waals surface area contributed by atoms with E-state index in [1.165, 1.54) is 19.2 Å².